The zero-order valence-corrected chi connectivity index (χ0v) is 16.6. The van der Waals surface area contributed by atoms with Crippen LogP contribution in [0, 0.1) is 0 Å². The smallest absolute Gasteiger partial charge is 0.255 e. The van der Waals surface area contributed by atoms with Crippen LogP contribution in [0.1, 0.15) is 22.8 Å². The van der Waals surface area contributed by atoms with Crippen LogP contribution in [0.3, 0.4) is 0 Å². The molecule has 0 saturated carbocycles. The number of nitrogens with zero attached hydrogens (tertiary/aromatic N) is 1. The number of hydrogen-bond acceptors (Lipinski definition) is 5. The van der Waals surface area contributed by atoms with Gasteiger partial charge >= 0.3 is 0 Å². The Bertz CT molecular complexity index is 1110. The Balaban J connectivity index is 1.90. The first kappa shape index (κ1) is 19.4. The molecule has 2 aromatic rings. The average Bonchev–Trinajstić information content (AvgIpc) is 3.05. The first-order valence-corrected chi connectivity index (χ1v) is 11.9. The van der Waals surface area contributed by atoms with Crippen LogP contribution in [-0.4, -0.2) is 41.3 Å². The fourth-order valence-electron chi connectivity index (χ4n) is 3.05. The Morgan fingerprint density at radius 2 is 1.81 bits per heavy atom. The van der Waals surface area contributed by atoms with Crippen molar-refractivity contribution in [2.45, 2.75) is 18.2 Å². The van der Waals surface area contributed by atoms with E-state index in [1.807, 2.05) is 0 Å². The van der Waals surface area contributed by atoms with Crippen LogP contribution in [0.5, 0.6) is 0 Å². The van der Waals surface area contributed by atoms with Gasteiger partial charge in [0.05, 0.1) is 28.3 Å². The lowest BCUT2D eigenvalue weighted by Crippen LogP contribution is -2.27. The van der Waals surface area contributed by atoms with E-state index in [-0.39, 0.29) is 16.3 Å². The Labute approximate surface area is 159 Å². The Kier molecular flexibility index (Phi) is 5.00. The van der Waals surface area contributed by atoms with Gasteiger partial charge in [0.2, 0.25) is 10.0 Å². The summed E-state index contributed by atoms with van der Waals surface area (Å²) in [6.45, 7) is 1.89. The van der Waals surface area contributed by atoms with Crippen LogP contribution < -0.4 is 9.62 Å². The Hall–Kier alpha value is -2.39. The van der Waals surface area contributed by atoms with E-state index in [0.29, 0.717) is 24.2 Å². The molecule has 0 aliphatic carbocycles. The first-order valence-electron chi connectivity index (χ1n) is 8.37. The van der Waals surface area contributed by atoms with Gasteiger partial charge in [0.1, 0.15) is 0 Å². The second-order valence-corrected chi connectivity index (χ2v) is 10.4. The summed E-state index contributed by atoms with van der Waals surface area (Å²) in [7, 11) is -6.83. The molecule has 0 fully saturated rings. The predicted octanol–water partition coefficient (Wildman–Crippen LogP) is 2.05. The molecule has 0 atom stereocenters. The number of benzene rings is 2. The highest BCUT2D eigenvalue weighted by Gasteiger charge is 2.27. The van der Waals surface area contributed by atoms with Crippen molar-refractivity contribution < 1.29 is 21.6 Å². The summed E-state index contributed by atoms with van der Waals surface area (Å²) in [4.78, 5) is 12.7. The number of anilines is 2. The summed E-state index contributed by atoms with van der Waals surface area (Å²) in [5, 5.41) is 2.65. The fraction of sp³-hybridized carbons (Fsp3) is 0.278. The summed E-state index contributed by atoms with van der Waals surface area (Å²) < 4.78 is 49.3. The van der Waals surface area contributed by atoms with E-state index in [2.05, 4.69) is 5.32 Å². The molecule has 0 radical (unpaired) electrons. The number of nitrogens with one attached hydrogen (secondary N) is 1. The maximum atomic E-state index is 12.6. The maximum Gasteiger partial charge on any atom is 0.255 e. The number of hydrogen-bond donors (Lipinski definition) is 1. The van der Waals surface area contributed by atoms with Crippen LogP contribution in [0.4, 0.5) is 11.4 Å². The third kappa shape index (κ3) is 3.84. The van der Waals surface area contributed by atoms with Crippen molar-refractivity contribution in [1.82, 2.24) is 0 Å². The van der Waals surface area contributed by atoms with E-state index in [0.717, 1.165) is 11.8 Å². The molecule has 27 heavy (non-hydrogen) atoms. The third-order valence-corrected chi connectivity index (χ3v) is 7.41. The molecule has 0 unspecified atom stereocenters. The van der Waals surface area contributed by atoms with Gasteiger partial charge in [-0.25, -0.2) is 16.8 Å². The molecule has 1 heterocycles. The van der Waals surface area contributed by atoms with Crippen LogP contribution in [0.2, 0.25) is 0 Å². The average molecular weight is 409 g/mol. The summed E-state index contributed by atoms with van der Waals surface area (Å²) in [6, 6.07) is 11.0. The molecular formula is C18H20N2O5S2. The number of para-hydroxylation sites is 1. The highest BCUT2D eigenvalue weighted by atomic mass is 32.2. The maximum absolute atomic E-state index is 12.6. The molecule has 9 heteroatoms. The molecular weight excluding hydrogens is 388 g/mol. The van der Waals surface area contributed by atoms with Crippen molar-refractivity contribution in [3.63, 3.8) is 0 Å². The molecule has 0 spiro atoms. The number of sulfonamides is 1. The van der Waals surface area contributed by atoms with Gasteiger partial charge in [-0.15, -0.1) is 0 Å². The quantitative estimate of drug-likeness (QED) is 0.816. The van der Waals surface area contributed by atoms with Crippen LogP contribution >= 0.6 is 0 Å². The summed E-state index contributed by atoms with van der Waals surface area (Å²) >= 11 is 0. The lowest BCUT2D eigenvalue weighted by atomic mass is 10.1. The van der Waals surface area contributed by atoms with E-state index in [1.165, 1.54) is 16.4 Å². The minimum Gasteiger partial charge on any atom is -0.321 e. The molecule has 1 aliphatic rings. The zero-order valence-electron chi connectivity index (χ0n) is 15.0. The van der Waals surface area contributed by atoms with Gasteiger partial charge in [-0.1, -0.05) is 19.1 Å². The van der Waals surface area contributed by atoms with E-state index in [1.54, 1.807) is 37.3 Å². The number of sulfone groups is 1. The molecule has 1 N–H and O–H groups in total. The minimum atomic E-state index is -3.48. The molecule has 3 rings (SSSR count). The van der Waals surface area contributed by atoms with Crippen molar-refractivity contribution >= 4 is 37.1 Å². The Morgan fingerprint density at radius 3 is 2.48 bits per heavy atom. The number of amides is 1. The highest BCUT2D eigenvalue weighted by molar-refractivity contribution is 7.92. The number of rotatable bonds is 5. The van der Waals surface area contributed by atoms with E-state index < -0.39 is 25.8 Å². The number of fused-ring (bicyclic) bond motifs is 1. The normalized spacial score (nSPS) is 14.1. The van der Waals surface area contributed by atoms with Crippen LogP contribution in [-0.2, 0) is 26.3 Å². The van der Waals surface area contributed by atoms with Gasteiger partial charge in [-0.05, 0) is 42.3 Å². The largest absolute Gasteiger partial charge is 0.321 e. The minimum absolute atomic E-state index is 0.0694. The summed E-state index contributed by atoms with van der Waals surface area (Å²) in [5.74, 6) is -0.519. The molecule has 0 bridgehead atoms. The molecule has 1 aliphatic heterocycles. The van der Waals surface area contributed by atoms with Gasteiger partial charge in [0.15, 0.2) is 9.84 Å². The standard InChI is InChI=1S/C18H20N2O5S2/c1-3-27(24,25)17-7-5-4-6-15(17)19-18(21)14-8-9-16-13(12-14)10-11-20(16)26(2,22)23/h4-9,12H,3,10-11H2,1-2H3,(H,19,21). The highest BCUT2D eigenvalue weighted by Crippen LogP contribution is 2.31. The van der Waals surface area contributed by atoms with E-state index in [4.69, 9.17) is 0 Å². The van der Waals surface area contributed by atoms with Crippen molar-refractivity contribution in [2.75, 3.05) is 28.2 Å². The van der Waals surface area contributed by atoms with E-state index in [9.17, 15) is 21.6 Å². The molecule has 2 aromatic carbocycles. The van der Waals surface area contributed by atoms with Crippen molar-refractivity contribution in [3.05, 3.63) is 53.6 Å². The molecule has 144 valence electrons. The van der Waals surface area contributed by atoms with Crippen molar-refractivity contribution in [2.24, 2.45) is 0 Å². The van der Waals surface area contributed by atoms with Gasteiger partial charge < -0.3 is 5.32 Å². The summed E-state index contributed by atoms with van der Waals surface area (Å²) in [6.07, 6.45) is 1.66. The molecule has 0 aromatic heterocycles. The second-order valence-electron chi connectivity index (χ2n) is 6.28. The van der Waals surface area contributed by atoms with Crippen molar-refractivity contribution in [1.29, 1.82) is 0 Å². The lowest BCUT2D eigenvalue weighted by molar-refractivity contribution is 0.102. The molecule has 7 nitrogen and oxygen atoms in total. The van der Waals surface area contributed by atoms with Gasteiger partial charge in [0, 0.05) is 12.1 Å². The SMILES string of the molecule is CCS(=O)(=O)c1ccccc1NC(=O)c1ccc2c(c1)CCN2S(C)(=O)=O. The predicted molar refractivity (Wildman–Crippen MR) is 104 cm³/mol. The van der Waals surface area contributed by atoms with Crippen LogP contribution in [0.15, 0.2) is 47.4 Å². The third-order valence-electron chi connectivity index (χ3n) is 4.45. The summed E-state index contributed by atoms with van der Waals surface area (Å²) in [5.41, 5.74) is 1.90. The van der Waals surface area contributed by atoms with Crippen molar-refractivity contribution in [3.8, 4) is 0 Å². The lowest BCUT2D eigenvalue weighted by Gasteiger charge is -2.16. The van der Waals surface area contributed by atoms with Crippen LogP contribution in [0.25, 0.3) is 0 Å². The number of carbonyl (C=O) groups is 1. The monoisotopic (exact) mass is 408 g/mol. The van der Waals surface area contributed by atoms with E-state index >= 15 is 0 Å². The molecule has 0 saturated heterocycles. The first-order chi connectivity index (χ1) is 12.6. The Morgan fingerprint density at radius 1 is 1.11 bits per heavy atom. The fourth-order valence-corrected chi connectivity index (χ4v) is 5.06. The molecule has 1 amide bonds. The topological polar surface area (TPSA) is 101 Å². The zero-order chi connectivity index (χ0) is 19.8. The second kappa shape index (κ2) is 6.97. The number of carbonyl (C=O) groups excluding carboxylic acids is 1. The van der Waals surface area contributed by atoms with Gasteiger partial charge in [-0.2, -0.15) is 0 Å². The van der Waals surface area contributed by atoms with Gasteiger partial charge in [0.25, 0.3) is 5.91 Å². The van der Waals surface area contributed by atoms with Gasteiger partial charge in [-0.3, -0.25) is 9.10 Å².